The number of alkyl halides is 3. The van der Waals surface area contributed by atoms with E-state index in [1.165, 1.54) is 16.8 Å². The number of imidazole rings is 1. The van der Waals surface area contributed by atoms with Crippen LogP contribution in [0.25, 0.3) is 17.2 Å². The van der Waals surface area contributed by atoms with Crippen LogP contribution in [0.3, 0.4) is 0 Å². The molecule has 3 aromatic rings. The van der Waals surface area contributed by atoms with Crippen LogP contribution in [0.15, 0.2) is 30.9 Å². The number of rotatable bonds is 3. The minimum Gasteiger partial charge on any atom is -0.367 e. The Kier molecular flexibility index (Phi) is 4.34. The zero-order valence-corrected chi connectivity index (χ0v) is 14.3. The molecule has 0 saturated carbocycles. The van der Waals surface area contributed by atoms with Crippen molar-refractivity contribution in [2.45, 2.75) is 12.3 Å². The number of amides is 1. The van der Waals surface area contributed by atoms with Crippen molar-refractivity contribution >= 4 is 17.4 Å². The first kappa shape index (κ1) is 18.1. The number of morpholine rings is 1. The molecule has 1 aliphatic rings. The van der Waals surface area contributed by atoms with Gasteiger partial charge in [-0.3, -0.25) is 9.20 Å². The molecule has 0 aliphatic carbocycles. The Hall–Kier alpha value is -3.28. The maximum Gasteiger partial charge on any atom is 0.434 e. The molecule has 4 rings (SSSR count). The third-order valence-electron chi connectivity index (χ3n) is 4.26. The van der Waals surface area contributed by atoms with E-state index in [9.17, 15) is 18.0 Å². The Balaban J connectivity index is 1.71. The van der Waals surface area contributed by atoms with Gasteiger partial charge in [-0.1, -0.05) is 0 Å². The summed E-state index contributed by atoms with van der Waals surface area (Å²) in [5.41, 5.74) is 4.76. The molecule has 1 aliphatic heterocycles. The van der Waals surface area contributed by atoms with Crippen molar-refractivity contribution in [3.05, 3.63) is 36.5 Å². The Bertz CT molecular complexity index is 1040. The lowest BCUT2D eigenvalue weighted by Gasteiger charge is -2.32. The van der Waals surface area contributed by atoms with E-state index in [0.717, 1.165) is 12.4 Å². The van der Waals surface area contributed by atoms with E-state index in [2.05, 4.69) is 19.9 Å². The van der Waals surface area contributed by atoms with Gasteiger partial charge in [0.25, 0.3) is 0 Å². The maximum atomic E-state index is 13.0. The standard InChI is InChI=1S/C16H14F3N7O2/c17-16(18,19)11-8-26-9(5-23-13(26)6-22-11)15-21-2-1-12(24-15)25-3-4-28-10(7-25)14(20)27/h1-2,5-6,8,10H,3-4,7H2,(H2,20,27). The maximum absolute atomic E-state index is 13.0. The van der Waals surface area contributed by atoms with Crippen molar-refractivity contribution in [3.8, 4) is 11.5 Å². The van der Waals surface area contributed by atoms with E-state index in [-0.39, 0.29) is 23.7 Å². The molecule has 1 atom stereocenters. The predicted molar refractivity (Wildman–Crippen MR) is 90.2 cm³/mol. The molecule has 12 heteroatoms. The smallest absolute Gasteiger partial charge is 0.367 e. The van der Waals surface area contributed by atoms with Gasteiger partial charge < -0.3 is 15.4 Å². The third-order valence-corrected chi connectivity index (χ3v) is 4.26. The summed E-state index contributed by atoms with van der Waals surface area (Å²) in [5.74, 6) is 0.110. The van der Waals surface area contributed by atoms with Crippen LogP contribution in [-0.4, -0.2) is 56.0 Å². The van der Waals surface area contributed by atoms with Crippen molar-refractivity contribution in [2.24, 2.45) is 5.73 Å². The van der Waals surface area contributed by atoms with Crippen molar-refractivity contribution in [1.82, 2.24) is 24.3 Å². The van der Waals surface area contributed by atoms with E-state index in [1.54, 1.807) is 11.0 Å². The summed E-state index contributed by atoms with van der Waals surface area (Å²) >= 11 is 0. The lowest BCUT2D eigenvalue weighted by Crippen LogP contribution is -2.48. The lowest BCUT2D eigenvalue weighted by atomic mass is 10.2. The van der Waals surface area contributed by atoms with Gasteiger partial charge in [-0.15, -0.1) is 0 Å². The molecule has 0 bridgehead atoms. The minimum absolute atomic E-state index is 0.187. The molecule has 9 nitrogen and oxygen atoms in total. The van der Waals surface area contributed by atoms with E-state index >= 15 is 0 Å². The Morgan fingerprint density at radius 2 is 2.07 bits per heavy atom. The monoisotopic (exact) mass is 393 g/mol. The van der Waals surface area contributed by atoms with Gasteiger partial charge in [-0.25, -0.2) is 19.9 Å². The molecule has 3 aromatic heterocycles. The molecule has 4 heterocycles. The zero-order valence-electron chi connectivity index (χ0n) is 14.3. The molecular formula is C16H14F3N7O2. The summed E-state index contributed by atoms with van der Waals surface area (Å²) in [6.45, 7) is 1.000. The summed E-state index contributed by atoms with van der Waals surface area (Å²) in [6, 6.07) is 1.64. The van der Waals surface area contributed by atoms with Crippen LogP contribution in [0, 0.1) is 0 Å². The molecule has 1 saturated heterocycles. The molecular weight excluding hydrogens is 379 g/mol. The molecule has 1 unspecified atom stereocenters. The number of nitrogens with two attached hydrogens (primary N) is 1. The second-order valence-electron chi connectivity index (χ2n) is 6.09. The quantitative estimate of drug-likeness (QED) is 0.704. The van der Waals surface area contributed by atoms with Gasteiger partial charge >= 0.3 is 6.18 Å². The molecule has 28 heavy (non-hydrogen) atoms. The number of anilines is 1. The summed E-state index contributed by atoms with van der Waals surface area (Å²) < 4.78 is 45.5. The van der Waals surface area contributed by atoms with E-state index in [1.807, 2.05) is 0 Å². The largest absolute Gasteiger partial charge is 0.434 e. The normalized spacial score (nSPS) is 17.8. The number of aromatic nitrogens is 5. The first-order valence-electron chi connectivity index (χ1n) is 8.22. The first-order valence-corrected chi connectivity index (χ1v) is 8.22. The number of nitrogens with zero attached hydrogens (tertiary/aromatic N) is 6. The highest BCUT2D eigenvalue weighted by Crippen LogP contribution is 2.28. The summed E-state index contributed by atoms with van der Waals surface area (Å²) in [5, 5.41) is 0. The van der Waals surface area contributed by atoms with Gasteiger partial charge in [-0.2, -0.15) is 13.2 Å². The Morgan fingerprint density at radius 3 is 2.82 bits per heavy atom. The average molecular weight is 393 g/mol. The molecule has 0 radical (unpaired) electrons. The fraction of sp³-hybridized carbons (Fsp3) is 0.312. The zero-order chi connectivity index (χ0) is 19.9. The van der Waals surface area contributed by atoms with E-state index in [4.69, 9.17) is 10.5 Å². The van der Waals surface area contributed by atoms with E-state index < -0.39 is 23.9 Å². The highest BCUT2D eigenvalue weighted by Gasteiger charge is 2.33. The SMILES string of the molecule is NC(=O)C1CN(c2ccnc(-c3cnc4cnc(C(F)(F)F)cn34)n2)CCO1. The summed E-state index contributed by atoms with van der Waals surface area (Å²) in [7, 11) is 0. The Morgan fingerprint density at radius 1 is 1.25 bits per heavy atom. The van der Waals surface area contributed by atoms with E-state index in [0.29, 0.717) is 19.0 Å². The van der Waals surface area contributed by atoms with Gasteiger partial charge in [0.05, 0.1) is 25.5 Å². The first-order chi connectivity index (χ1) is 13.3. The summed E-state index contributed by atoms with van der Waals surface area (Å²) in [6.07, 6.45) is -0.597. The average Bonchev–Trinajstić information content (AvgIpc) is 3.11. The van der Waals surface area contributed by atoms with Crippen LogP contribution in [-0.2, 0) is 15.7 Å². The van der Waals surface area contributed by atoms with Crippen molar-refractivity contribution in [2.75, 3.05) is 24.6 Å². The number of halogens is 3. The molecule has 146 valence electrons. The van der Waals surface area contributed by atoms with Gasteiger partial charge in [-0.05, 0) is 6.07 Å². The van der Waals surface area contributed by atoms with Crippen molar-refractivity contribution in [1.29, 1.82) is 0 Å². The van der Waals surface area contributed by atoms with Crippen LogP contribution < -0.4 is 10.6 Å². The van der Waals surface area contributed by atoms with Gasteiger partial charge in [0.15, 0.2) is 23.3 Å². The number of primary amides is 1. The predicted octanol–water partition coefficient (Wildman–Crippen LogP) is 0.896. The highest BCUT2D eigenvalue weighted by atomic mass is 19.4. The molecule has 2 N–H and O–H groups in total. The van der Waals surface area contributed by atoms with Gasteiger partial charge in [0, 0.05) is 18.9 Å². The molecule has 0 aromatic carbocycles. The number of ether oxygens (including phenoxy) is 1. The van der Waals surface area contributed by atoms with Crippen molar-refractivity contribution in [3.63, 3.8) is 0 Å². The van der Waals surface area contributed by atoms with Crippen molar-refractivity contribution < 1.29 is 22.7 Å². The van der Waals surface area contributed by atoms with Crippen LogP contribution in [0.1, 0.15) is 5.69 Å². The molecule has 1 amide bonds. The fourth-order valence-electron chi connectivity index (χ4n) is 2.88. The van der Waals surface area contributed by atoms with Crippen LogP contribution in [0.5, 0.6) is 0 Å². The second-order valence-corrected chi connectivity index (χ2v) is 6.09. The lowest BCUT2D eigenvalue weighted by molar-refractivity contribution is -0.141. The van der Waals surface area contributed by atoms with Crippen LogP contribution in [0.2, 0.25) is 0 Å². The number of hydrogen-bond acceptors (Lipinski definition) is 7. The molecule has 1 fully saturated rings. The number of hydrogen-bond donors (Lipinski definition) is 1. The second kappa shape index (κ2) is 6.71. The van der Waals surface area contributed by atoms with Crippen LogP contribution in [0.4, 0.5) is 19.0 Å². The summed E-state index contributed by atoms with van der Waals surface area (Å²) in [4.78, 5) is 29.2. The van der Waals surface area contributed by atoms with Gasteiger partial charge in [0.2, 0.25) is 5.91 Å². The minimum atomic E-state index is -4.59. The van der Waals surface area contributed by atoms with Gasteiger partial charge in [0.1, 0.15) is 11.5 Å². The number of carbonyl (C=O) groups is 1. The number of fused-ring (bicyclic) bond motifs is 1. The molecule has 0 spiro atoms. The fourth-order valence-corrected chi connectivity index (χ4v) is 2.88. The highest BCUT2D eigenvalue weighted by molar-refractivity contribution is 5.79. The number of carbonyl (C=O) groups excluding carboxylic acids is 1. The Labute approximate surface area is 156 Å². The van der Waals surface area contributed by atoms with Crippen LogP contribution >= 0.6 is 0 Å². The third kappa shape index (κ3) is 3.33. The topological polar surface area (TPSA) is 112 Å².